The van der Waals surface area contributed by atoms with E-state index in [1.54, 1.807) is 6.26 Å². The second-order valence-corrected chi connectivity index (χ2v) is 6.77. The van der Waals surface area contributed by atoms with Gasteiger partial charge >= 0.3 is 0 Å². The predicted molar refractivity (Wildman–Crippen MR) is 113 cm³/mol. The van der Waals surface area contributed by atoms with Crippen molar-refractivity contribution in [2.45, 2.75) is 13.5 Å². The van der Waals surface area contributed by atoms with Crippen LogP contribution in [-0.4, -0.2) is 23.0 Å². The maximum atomic E-state index is 6.30. The molecule has 0 aliphatic heterocycles. The molecule has 0 unspecified atom stereocenters. The number of hydrogen-bond acceptors (Lipinski definition) is 4. The molecule has 29 heavy (non-hydrogen) atoms. The molecule has 5 nitrogen and oxygen atoms in total. The van der Waals surface area contributed by atoms with E-state index in [-0.39, 0.29) is 0 Å². The van der Waals surface area contributed by atoms with Gasteiger partial charge in [-0.2, -0.15) is 5.10 Å². The molecular formula is C23H21ClN2O3. The summed E-state index contributed by atoms with van der Waals surface area (Å²) >= 11 is 6.30. The molecule has 4 rings (SSSR count). The average molecular weight is 409 g/mol. The van der Waals surface area contributed by atoms with Crippen LogP contribution >= 0.6 is 11.6 Å². The number of halogens is 1. The quantitative estimate of drug-likeness (QED) is 0.362. The van der Waals surface area contributed by atoms with Crippen LogP contribution in [0.2, 0.25) is 5.02 Å². The highest BCUT2D eigenvalue weighted by atomic mass is 35.5. The van der Waals surface area contributed by atoms with Crippen LogP contribution in [0.15, 0.2) is 77.4 Å². The number of furan rings is 1. The van der Waals surface area contributed by atoms with Crippen molar-refractivity contribution in [2.75, 3.05) is 13.2 Å². The fraction of sp³-hybridized carbons (Fsp3) is 0.174. The zero-order valence-corrected chi connectivity index (χ0v) is 16.8. The number of rotatable bonds is 8. The normalized spacial score (nSPS) is 10.8. The number of ether oxygens (including phenoxy) is 2. The number of hydrogen-bond donors (Lipinski definition) is 0. The first-order valence-electron chi connectivity index (χ1n) is 9.47. The van der Waals surface area contributed by atoms with Crippen LogP contribution in [0.4, 0.5) is 0 Å². The van der Waals surface area contributed by atoms with Crippen LogP contribution in [0.25, 0.3) is 22.6 Å². The van der Waals surface area contributed by atoms with Gasteiger partial charge in [0.2, 0.25) is 5.88 Å². The lowest BCUT2D eigenvalue weighted by molar-refractivity contribution is 0.260. The molecule has 0 aliphatic rings. The SMILES string of the molecule is CCOc1cc(-c2ccccc2)nn1CCOc1cc(-c2ccco2)ccc1Cl. The summed E-state index contributed by atoms with van der Waals surface area (Å²) < 4.78 is 18.9. The molecule has 148 valence electrons. The van der Waals surface area contributed by atoms with Crippen molar-refractivity contribution in [3.63, 3.8) is 0 Å². The van der Waals surface area contributed by atoms with Gasteiger partial charge < -0.3 is 13.9 Å². The topological polar surface area (TPSA) is 49.4 Å². The van der Waals surface area contributed by atoms with E-state index in [2.05, 4.69) is 5.10 Å². The third-order valence-corrected chi connectivity index (χ3v) is 4.71. The minimum Gasteiger partial charge on any atom is -0.490 e. The monoisotopic (exact) mass is 408 g/mol. The first-order chi connectivity index (χ1) is 14.2. The molecule has 0 amide bonds. The molecule has 0 saturated heterocycles. The van der Waals surface area contributed by atoms with Gasteiger partial charge in [-0.25, -0.2) is 4.68 Å². The average Bonchev–Trinajstić information content (AvgIpc) is 3.41. The van der Waals surface area contributed by atoms with Crippen molar-refractivity contribution >= 4 is 11.6 Å². The molecule has 0 aliphatic carbocycles. The lowest BCUT2D eigenvalue weighted by Crippen LogP contribution is -2.11. The van der Waals surface area contributed by atoms with Crippen LogP contribution in [0.3, 0.4) is 0 Å². The Hall–Kier alpha value is -3.18. The van der Waals surface area contributed by atoms with Gasteiger partial charge in [-0.3, -0.25) is 0 Å². The molecule has 0 saturated carbocycles. The second kappa shape index (κ2) is 8.88. The molecule has 6 heteroatoms. The van der Waals surface area contributed by atoms with E-state index >= 15 is 0 Å². The van der Waals surface area contributed by atoms with Crippen molar-refractivity contribution < 1.29 is 13.9 Å². The van der Waals surface area contributed by atoms with E-state index in [4.69, 9.17) is 25.5 Å². The maximum Gasteiger partial charge on any atom is 0.212 e. The molecule has 0 N–H and O–H groups in total. The van der Waals surface area contributed by atoms with E-state index in [9.17, 15) is 0 Å². The van der Waals surface area contributed by atoms with Gasteiger partial charge in [-0.1, -0.05) is 41.9 Å². The first kappa shape index (κ1) is 19.2. The van der Waals surface area contributed by atoms with E-state index in [0.717, 1.165) is 22.6 Å². The molecule has 4 aromatic rings. The fourth-order valence-electron chi connectivity index (χ4n) is 3.03. The van der Waals surface area contributed by atoms with Gasteiger partial charge in [0.15, 0.2) is 0 Å². The standard InChI is InChI=1S/C23H21ClN2O3/c1-2-27-23-16-20(17-7-4-3-5-8-17)25-26(23)12-14-29-22-15-18(10-11-19(22)24)21-9-6-13-28-21/h3-11,13,15-16H,2,12,14H2,1H3. The largest absolute Gasteiger partial charge is 0.490 e. The summed E-state index contributed by atoms with van der Waals surface area (Å²) in [6.07, 6.45) is 1.64. The van der Waals surface area contributed by atoms with Crippen LogP contribution < -0.4 is 9.47 Å². The molecule has 0 spiro atoms. The summed E-state index contributed by atoms with van der Waals surface area (Å²) in [5, 5.41) is 5.23. The van der Waals surface area contributed by atoms with Crippen molar-refractivity contribution in [2.24, 2.45) is 0 Å². The number of nitrogens with zero attached hydrogens (tertiary/aromatic N) is 2. The Bertz CT molecular complexity index is 1060. The third kappa shape index (κ3) is 4.46. The summed E-state index contributed by atoms with van der Waals surface area (Å²) in [4.78, 5) is 0. The first-order valence-corrected chi connectivity index (χ1v) is 9.84. The fourth-order valence-corrected chi connectivity index (χ4v) is 3.20. The van der Waals surface area contributed by atoms with E-state index in [1.807, 2.05) is 78.3 Å². The van der Waals surface area contributed by atoms with Crippen molar-refractivity contribution in [3.05, 3.63) is 78.0 Å². The smallest absolute Gasteiger partial charge is 0.212 e. The number of benzene rings is 2. The van der Waals surface area contributed by atoms with Gasteiger partial charge in [-0.05, 0) is 37.3 Å². The minimum atomic E-state index is 0.400. The molecule has 2 heterocycles. The predicted octanol–water partition coefficient (Wildman–Crippen LogP) is 5.94. The summed E-state index contributed by atoms with van der Waals surface area (Å²) in [7, 11) is 0. The molecule has 2 aromatic carbocycles. The Morgan fingerprint density at radius 3 is 2.59 bits per heavy atom. The van der Waals surface area contributed by atoms with Gasteiger partial charge in [0.25, 0.3) is 0 Å². The highest BCUT2D eigenvalue weighted by molar-refractivity contribution is 6.32. The molecular weight excluding hydrogens is 388 g/mol. The van der Waals surface area contributed by atoms with E-state index in [1.165, 1.54) is 0 Å². The van der Waals surface area contributed by atoms with Crippen molar-refractivity contribution in [3.8, 4) is 34.2 Å². The van der Waals surface area contributed by atoms with E-state index < -0.39 is 0 Å². The third-order valence-electron chi connectivity index (χ3n) is 4.40. The zero-order chi connectivity index (χ0) is 20.1. The Labute approximate surface area is 174 Å². The molecule has 2 aromatic heterocycles. The summed E-state index contributed by atoms with van der Waals surface area (Å²) in [5.41, 5.74) is 2.82. The summed E-state index contributed by atoms with van der Waals surface area (Å²) in [6, 6.07) is 21.3. The van der Waals surface area contributed by atoms with Crippen LogP contribution in [0, 0.1) is 0 Å². The van der Waals surface area contributed by atoms with Crippen LogP contribution in [0.1, 0.15) is 6.92 Å². The Balaban J connectivity index is 1.48. The second-order valence-electron chi connectivity index (χ2n) is 6.36. The van der Waals surface area contributed by atoms with Crippen molar-refractivity contribution in [1.29, 1.82) is 0 Å². The maximum absolute atomic E-state index is 6.30. The highest BCUT2D eigenvalue weighted by Crippen LogP contribution is 2.31. The Morgan fingerprint density at radius 1 is 0.966 bits per heavy atom. The highest BCUT2D eigenvalue weighted by Gasteiger charge is 2.12. The zero-order valence-electron chi connectivity index (χ0n) is 16.0. The van der Waals surface area contributed by atoms with Gasteiger partial charge in [0.05, 0.1) is 30.1 Å². The summed E-state index contributed by atoms with van der Waals surface area (Å²) in [5.74, 6) is 2.09. The van der Waals surface area contributed by atoms with Gasteiger partial charge in [0, 0.05) is 17.2 Å². The minimum absolute atomic E-state index is 0.400. The van der Waals surface area contributed by atoms with E-state index in [0.29, 0.717) is 36.4 Å². The lowest BCUT2D eigenvalue weighted by atomic mass is 10.1. The van der Waals surface area contributed by atoms with Gasteiger partial charge in [-0.15, -0.1) is 0 Å². The molecule has 0 fully saturated rings. The Morgan fingerprint density at radius 2 is 1.83 bits per heavy atom. The number of aromatic nitrogens is 2. The molecule has 0 bridgehead atoms. The Kier molecular flexibility index (Phi) is 5.86. The molecule has 0 atom stereocenters. The van der Waals surface area contributed by atoms with Crippen molar-refractivity contribution in [1.82, 2.24) is 9.78 Å². The summed E-state index contributed by atoms with van der Waals surface area (Å²) in [6.45, 7) is 3.45. The van der Waals surface area contributed by atoms with Gasteiger partial charge in [0.1, 0.15) is 18.1 Å². The molecule has 0 radical (unpaired) electrons. The lowest BCUT2D eigenvalue weighted by Gasteiger charge is -2.11. The van der Waals surface area contributed by atoms with Crippen LogP contribution in [0.5, 0.6) is 11.6 Å². The van der Waals surface area contributed by atoms with Crippen LogP contribution in [-0.2, 0) is 6.54 Å².